The predicted octanol–water partition coefficient (Wildman–Crippen LogP) is 2.73. The molecule has 3 heteroatoms. The number of hydrogen-bond acceptors (Lipinski definition) is 2. The van der Waals surface area contributed by atoms with E-state index < -0.39 is 0 Å². The molecule has 1 aromatic carbocycles. The lowest BCUT2D eigenvalue weighted by Crippen LogP contribution is -2.41. The lowest BCUT2D eigenvalue weighted by Gasteiger charge is -2.27. The van der Waals surface area contributed by atoms with E-state index in [1.807, 2.05) is 20.8 Å². The van der Waals surface area contributed by atoms with Crippen LogP contribution < -0.4 is 11.1 Å². The van der Waals surface area contributed by atoms with Gasteiger partial charge in [0.1, 0.15) is 0 Å². The van der Waals surface area contributed by atoms with Crippen molar-refractivity contribution in [1.29, 1.82) is 0 Å². The number of nitrogens with two attached hydrogens (primary N) is 1. The van der Waals surface area contributed by atoms with Crippen molar-refractivity contribution in [3.63, 3.8) is 0 Å². The van der Waals surface area contributed by atoms with Gasteiger partial charge in [0, 0.05) is 12.5 Å². The van der Waals surface area contributed by atoms with Crippen molar-refractivity contribution in [3.05, 3.63) is 35.4 Å². The van der Waals surface area contributed by atoms with Crippen molar-refractivity contribution in [3.8, 4) is 0 Å². The molecule has 1 amide bonds. The molecule has 0 heterocycles. The first-order chi connectivity index (χ1) is 8.85. The van der Waals surface area contributed by atoms with Gasteiger partial charge in [-0.1, -0.05) is 31.2 Å². The van der Waals surface area contributed by atoms with Gasteiger partial charge < -0.3 is 11.1 Å². The second-order valence-electron chi connectivity index (χ2n) is 5.74. The summed E-state index contributed by atoms with van der Waals surface area (Å²) in [6.45, 7) is 8.10. The number of carbonyl (C=O) groups is 1. The minimum absolute atomic E-state index is 0.0573. The summed E-state index contributed by atoms with van der Waals surface area (Å²) in [6, 6.07) is 8.48. The first kappa shape index (κ1) is 15.7. The summed E-state index contributed by atoms with van der Waals surface area (Å²) in [5.74, 6) is 0.0573. The molecule has 1 rings (SSSR count). The minimum atomic E-state index is -0.346. The molecule has 0 aliphatic carbocycles. The normalized spacial score (nSPS) is 13.1. The van der Waals surface area contributed by atoms with Crippen molar-refractivity contribution in [2.45, 2.75) is 58.5 Å². The largest absolute Gasteiger partial charge is 0.347 e. The van der Waals surface area contributed by atoms with E-state index in [0.717, 1.165) is 18.4 Å². The predicted molar refractivity (Wildman–Crippen MR) is 79.9 cm³/mol. The van der Waals surface area contributed by atoms with Crippen LogP contribution in [-0.2, 0) is 16.8 Å². The molecule has 0 bridgehead atoms. The molecule has 1 unspecified atom stereocenters. The Morgan fingerprint density at radius 2 is 1.89 bits per heavy atom. The van der Waals surface area contributed by atoms with Crippen LogP contribution >= 0.6 is 0 Å². The number of carbonyl (C=O) groups excluding carboxylic acids is 1. The van der Waals surface area contributed by atoms with Gasteiger partial charge in [-0.05, 0) is 44.7 Å². The fraction of sp³-hybridized carbons (Fsp3) is 0.562. The molecule has 3 N–H and O–H groups in total. The third kappa shape index (κ3) is 5.03. The van der Waals surface area contributed by atoms with Crippen LogP contribution in [0, 0.1) is 0 Å². The van der Waals surface area contributed by atoms with Crippen molar-refractivity contribution >= 4 is 5.91 Å². The summed E-state index contributed by atoms with van der Waals surface area (Å²) in [4.78, 5) is 11.9. The number of aryl methyl sites for hydroxylation is 1. The zero-order valence-corrected chi connectivity index (χ0v) is 12.5. The van der Waals surface area contributed by atoms with Gasteiger partial charge in [-0.2, -0.15) is 0 Å². The lowest BCUT2D eigenvalue weighted by molar-refractivity contribution is -0.122. The van der Waals surface area contributed by atoms with Gasteiger partial charge in [-0.3, -0.25) is 4.79 Å². The minimum Gasteiger partial charge on any atom is -0.347 e. The van der Waals surface area contributed by atoms with Gasteiger partial charge in [-0.25, -0.2) is 0 Å². The number of hydrogen-bond donors (Lipinski definition) is 2. The van der Waals surface area contributed by atoms with Crippen LogP contribution in [0.5, 0.6) is 0 Å². The molecule has 0 aliphatic rings. The maximum Gasteiger partial charge on any atom is 0.220 e. The molecule has 0 saturated heterocycles. The standard InChI is InChI=1S/C16H26N2O/c1-5-13-7-9-14(10-8-13)16(3,4)18-15(19)11-6-12(2)17/h7-10,12H,5-6,11,17H2,1-4H3,(H,18,19). The summed E-state index contributed by atoms with van der Waals surface area (Å²) in [5.41, 5.74) is 7.75. The molecule has 0 aliphatic heterocycles. The Kier molecular flexibility index (Phi) is 5.55. The van der Waals surface area contributed by atoms with Crippen LogP contribution in [0.3, 0.4) is 0 Å². The van der Waals surface area contributed by atoms with Crippen molar-refractivity contribution in [1.82, 2.24) is 5.32 Å². The Bertz CT molecular complexity index is 407. The van der Waals surface area contributed by atoms with Crippen molar-refractivity contribution in [2.75, 3.05) is 0 Å². The summed E-state index contributed by atoms with van der Waals surface area (Å²) in [6.07, 6.45) is 2.23. The molecule has 0 fully saturated rings. The van der Waals surface area contributed by atoms with Gasteiger partial charge in [0.2, 0.25) is 5.91 Å². The highest BCUT2D eigenvalue weighted by Gasteiger charge is 2.22. The Morgan fingerprint density at radius 3 is 2.37 bits per heavy atom. The Balaban J connectivity index is 2.65. The highest BCUT2D eigenvalue weighted by Crippen LogP contribution is 2.21. The second-order valence-corrected chi connectivity index (χ2v) is 5.74. The van der Waals surface area contributed by atoms with Gasteiger partial charge in [0.15, 0.2) is 0 Å². The first-order valence-corrected chi connectivity index (χ1v) is 7.01. The SMILES string of the molecule is CCc1ccc(C(C)(C)NC(=O)CCC(C)N)cc1. The van der Waals surface area contributed by atoms with Gasteiger partial charge >= 0.3 is 0 Å². The van der Waals surface area contributed by atoms with Crippen LogP contribution in [0.15, 0.2) is 24.3 Å². The third-order valence-electron chi connectivity index (χ3n) is 3.36. The number of amides is 1. The van der Waals surface area contributed by atoms with Crippen molar-refractivity contribution < 1.29 is 4.79 Å². The average molecular weight is 262 g/mol. The molecule has 3 nitrogen and oxygen atoms in total. The van der Waals surface area contributed by atoms with E-state index in [9.17, 15) is 4.79 Å². The zero-order chi connectivity index (χ0) is 14.5. The summed E-state index contributed by atoms with van der Waals surface area (Å²) < 4.78 is 0. The van der Waals surface area contributed by atoms with Crippen LogP contribution in [0.2, 0.25) is 0 Å². The van der Waals surface area contributed by atoms with E-state index >= 15 is 0 Å². The smallest absolute Gasteiger partial charge is 0.220 e. The van der Waals surface area contributed by atoms with E-state index in [2.05, 4.69) is 36.5 Å². The molecule has 1 atom stereocenters. The lowest BCUT2D eigenvalue weighted by atomic mass is 9.92. The molecule has 0 radical (unpaired) electrons. The monoisotopic (exact) mass is 262 g/mol. The molecule has 106 valence electrons. The highest BCUT2D eigenvalue weighted by atomic mass is 16.1. The summed E-state index contributed by atoms with van der Waals surface area (Å²) >= 11 is 0. The number of nitrogens with one attached hydrogen (secondary N) is 1. The van der Waals surface area contributed by atoms with Crippen LogP contribution in [-0.4, -0.2) is 11.9 Å². The van der Waals surface area contributed by atoms with Crippen LogP contribution in [0.1, 0.15) is 51.7 Å². The van der Waals surface area contributed by atoms with Gasteiger partial charge in [0.05, 0.1) is 5.54 Å². The zero-order valence-electron chi connectivity index (χ0n) is 12.5. The van der Waals surface area contributed by atoms with E-state index in [1.54, 1.807) is 0 Å². The van der Waals surface area contributed by atoms with E-state index in [0.29, 0.717) is 6.42 Å². The van der Waals surface area contributed by atoms with E-state index in [-0.39, 0.29) is 17.5 Å². The maximum atomic E-state index is 11.9. The fourth-order valence-electron chi connectivity index (χ4n) is 2.00. The Labute approximate surface area is 116 Å². The second kappa shape index (κ2) is 6.71. The maximum absolute atomic E-state index is 11.9. The van der Waals surface area contributed by atoms with Crippen LogP contribution in [0.25, 0.3) is 0 Å². The molecule has 0 saturated carbocycles. The molecule has 0 spiro atoms. The molecular weight excluding hydrogens is 236 g/mol. The number of benzene rings is 1. The molecule has 19 heavy (non-hydrogen) atoms. The van der Waals surface area contributed by atoms with E-state index in [1.165, 1.54) is 5.56 Å². The molecule has 1 aromatic rings. The average Bonchev–Trinajstić information content (AvgIpc) is 2.36. The van der Waals surface area contributed by atoms with Crippen molar-refractivity contribution in [2.24, 2.45) is 5.73 Å². The van der Waals surface area contributed by atoms with E-state index in [4.69, 9.17) is 5.73 Å². The fourth-order valence-corrected chi connectivity index (χ4v) is 2.00. The third-order valence-corrected chi connectivity index (χ3v) is 3.36. The van der Waals surface area contributed by atoms with Gasteiger partial charge in [0.25, 0.3) is 0 Å². The summed E-state index contributed by atoms with van der Waals surface area (Å²) in [5, 5.41) is 3.07. The summed E-state index contributed by atoms with van der Waals surface area (Å²) in [7, 11) is 0. The number of rotatable bonds is 6. The topological polar surface area (TPSA) is 55.1 Å². The van der Waals surface area contributed by atoms with Crippen LogP contribution in [0.4, 0.5) is 0 Å². The Morgan fingerprint density at radius 1 is 1.32 bits per heavy atom. The quantitative estimate of drug-likeness (QED) is 0.828. The molecular formula is C16H26N2O. The highest BCUT2D eigenvalue weighted by molar-refractivity contribution is 5.77. The first-order valence-electron chi connectivity index (χ1n) is 7.01. The molecule has 0 aromatic heterocycles. The Hall–Kier alpha value is -1.35. The van der Waals surface area contributed by atoms with Gasteiger partial charge in [-0.15, -0.1) is 0 Å².